The van der Waals surface area contributed by atoms with Crippen molar-refractivity contribution in [3.63, 3.8) is 0 Å². The van der Waals surface area contributed by atoms with E-state index in [1.54, 1.807) is 0 Å². The van der Waals surface area contributed by atoms with Gasteiger partial charge in [0.05, 0.1) is 26.7 Å². The lowest BCUT2D eigenvalue weighted by molar-refractivity contribution is -0.914. The summed E-state index contributed by atoms with van der Waals surface area (Å²) < 4.78 is 1.23. The number of nitrogens with zero attached hydrogens (tertiary/aromatic N) is 1. The van der Waals surface area contributed by atoms with Crippen LogP contribution in [0.25, 0.3) is 0 Å². The highest BCUT2D eigenvalue weighted by Gasteiger charge is 2.30. The largest absolute Gasteiger partial charge is 0.326 e. The molecule has 0 spiro atoms. The second-order valence-corrected chi connectivity index (χ2v) is 5.56. The van der Waals surface area contributed by atoms with Crippen molar-refractivity contribution in [3.8, 4) is 0 Å². The van der Waals surface area contributed by atoms with Crippen LogP contribution in [0.3, 0.4) is 0 Å². The van der Waals surface area contributed by atoms with Crippen molar-refractivity contribution in [2.45, 2.75) is 58.4 Å². The first-order valence-corrected chi connectivity index (χ1v) is 6.42. The topological polar surface area (TPSA) is 0 Å². The maximum atomic E-state index is 2.39. The van der Waals surface area contributed by atoms with Gasteiger partial charge in [0, 0.05) is 0 Å². The molecule has 1 heteroatoms. The Hall–Kier alpha value is -0.0400. The van der Waals surface area contributed by atoms with Gasteiger partial charge in [0.2, 0.25) is 0 Å². The molecule has 0 aromatic rings. The Morgan fingerprint density at radius 3 is 2.00 bits per heavy atom. The zero-order valence-corrected chi connectivity index (χ0v) is 10.6. The Labute approximate surface area is 90.1 Å². The SMILES string of the molecule is CCCC1CCC([N+](C)(C)CC)CC1. The predicted octanol–water partition coefficient (Wildman–Crippen LogP) is 3.44. The quantitative estimate of drug-likeness (QED) is 0.607. The van der Waals surface area contributed by atoms with Crippen LogP contribution in [0.1, 0.15) is 52.4 Å². The van der Waals surface area contributed by atoms with Crippen molar-refractivity contribution in [1.82, 2.24) is 0 Å². The molecule has 0 radical (unpaired) electrons. The van der Waals surface area contributed by atoms with Crippen molar-refractivity contribution in [1.29, 1.82) is 0 Å². The molecule has 0 aromatic carbocycles. The zero-order chi connectivity index (χ0) is 10.6. The normalized spacial score (nSPS) is 29.1. The van der Waals surface area contributed by atoms with Gasteiger partial charge in [-0.3, -0.25) is 0 Å². The highest BCUT2D eigenvalue weighted by atomic mass is 15.3. The molecule has 1 saturated carbocycles. The molecule has 1 rings (SSSR count). The highest BCUT2D eigenvalue weighted by Crippen LogP contribution is 2.31. The Morgan fingerprint density at radius 2 is 1.57 bits per heavy atom. The van der Waals surface area contributed by atoms with E-state index in [4.69, 9.17) is 0 Å². The summed E-state index contributed by atoms with van der Waals surface area (Å²) in [6, 6.07) is 0.938. The van der Waals surface area contributed by atoms with E-state index >= 15 is 0 Å². The Morgan fingerprint density at radius 1 is 1.00 bits per heavy atom. The minimum Gasteiger partial charge on any atom is -0.326 e. The standard InChI is InChI=1S/C13H28N/c1-5-7-12-8-10-13(11-9-12)14(3,4)6-2/h12-13H,5-11H2,1-4H3/q+1. The molecule has 14 heavy (non-hydrogen) atoms. The summed E-state index contributed by atoms with van der Waals surface area (Å²) in [6.45, 7) is 5.92. The lowest BCUT2D eigenvalue weighted by Gasteiger charge is -2.41. The van der Waals surface area contributed by atoms with Gasteiger partial charge in [0.15, 0.2) is 0 Å². The third-order valence-electron chi connectivity index (χ3n) is 4.32. The molecule has 84 valence electrons. The summed E-state index contributed by atoms with van der Waals surface area (Å²) >= 11 is 0. The van der Waals surface area contributed by atoms with Crippen LogP contribution in [0.2, 0.25) is 0 Å². The van der Waals surface area contributed by atoms with Gasteiger partial charge in [-0.15, -0.1) is 0 Å². The first-order chi connectivity index (χ1) is 6.60. The number of hydrogen-bond donors (Lipinski definition) is 0. The molecule has 0 aliphatic heterocycles. The van der Waals surface area contributed by atoms with Crippen molar-refractivity contribution in [3.05, 3.63) is 0 Å². The van der Waals surface area contributed by atoms with Crippen LogP contribution in [-0.2, 0) is 0 Å². The fraction of sp³-hybridized carbons (Fsp3) is 1.00. The Bertz CT molecular complexity index is 155. The molecule has 0 aromatic heterocycles. The summed E-state index contributed by atoms with van der Waals surface area (Å²) in [7, 11) is 4.79. The summed E-state index contributed by atoms with van der Waals surface area (Å²) in [5.41, 5.74) is 0. The van der Waals surface area contributed by atoms with E-state index in [2.05, 4.69) is 27.9 Å². The maximum Gasteiger partial charge on any atom is 0.0886 e. The minimum atomic E-state index is 0.938. The summed E-state index contributed by atoms with van der Waals surface area (Å²) in [5.74, 6) is 1.05. The van der Waals surface area contributed by atoms with Gasteiger partial charge in [0.25, 0.3) is 0 Å². The zero-order valence-electron chi connectivity index (χ0n) is 10.6. The lowest BCUT2D eigenvalue weighted by atomic mass is 9.82. The Balaban J connectivity index is 2.35. The van der Waals surface area contributed by atoms with E-state index in [0.717, 1.165) is 12.0 Å². The first-order valence-electron chi connectivity index (χ1n) is 6.42. The van der Waals surface area contributed by atoms with Gasteiger partial charge in [-0.05, 0) is 38.5 Å². The second-order valence-electron chi connectivity index (χ2n) is 5.56. The summed E-state index contributed by atoms with van der Waals surface area (Å²) in [5, 5.41) is 0. The van der Waals surface area contributed by atoms with E-state index in [1.807, 2.05) is 0 Å². The summed E-state index contributed by atoms with van der Waals surface area (Å²) in [6.07, 6.45) is 8.74. The molecular formula is C13H28N+. The van der Waals surface area contributed by atoms with Gasteiger partial charge in [-0.2, -0.15) is 0 Å². The third kappa shape index (κ3) is 2.98. The van der Waals surface area contributed by atoms with Crippen molar-refractivity contribution >= 4 is 0 Å². The van der Waals surface area contributed by atoms with Crippen LogP contribution in [0.5, 0.6) is 0 Å². The number of hydrogen-bond acceptors (Lipinski definition) is 0. The number of rotatable bonds is 4. The predicted molar refractivity (Wildman–Crippen MR) is 63.3 cm³/mol. The van der Waals surface area contributed by atoms with Crippen LogP contribution < -0.4 is 0 Å². The average Bonchev–Trinajstić information content (AvgIpc) is 2.19. The molecule has 0 atom stereocenters. The van der Waals surface area contributed by atoms with Crippen molar-refractivity contribution < 1.29 is 4.48 Å². The van der Waals surface area contributed by atoms with E-state index in [0.29, 0.717) is 0 Å². The second kappa shape index (κ2) is 5.16. The van der Waals surface area contributed by atoms with Crippen LogP contribution in [0.15, 0.2) is 0 Å². The van der Waals surface area contributed by atoms with Crippen LogP contribution in [-0.4, -0.2) is 31.2 Å². The van der Waals surface area contributed by atoms with Gasteiger partial charge in [-0.25, -0.2) is 0 Å². The molecule has 0 N–H and O–H groups in total. The molecule has 1 aliphatic carbocycles. The van der Waals surface area contributed by atoms with Gasteiger partial charge in [-0.1, -0.05) is 19.8 Å². The minimum absolute atomic E-state index is 0.938. The third-order valence-corrected chi connectivity index (χ3v) is 4.32. The van der Waals surface area contributed by atoms with E-state index < -0.39 is 0 Å². The van der Waals surface area contributed by atoms with Crippen LogP contribution in [0, 0.1) is 5.92 Å². The number of quaternary nitrogens is 1. The molecule has 1 fully saturated rings. The fourth-order valence-electron chi connectivity index (χ4n) is 2.80. The molecule has 0 bridgehead atoms. The molecule has 0 amide bonds. The van der Waals surface area contributed by atoms with Crippen molar-refractivity contribution in [2.75, 3.05) is 20.6 Å². The average molecular weight is 198 g/mol. The fourth-order valence-corrected chi connectivity index (χ4v) is 2.80. The monoisotopic (exact) mass is 198 g/mol. The lowest BCUT2D eigenvalue weighted by Crippen LogP contribution is -2.50. The van der Waals surface area contributed by atoms with Crippen molar-refractivity contribution in [2.24, 2.45) is 5.92 Å². The van der Waals surface area contributed by atoms with Gasteiger partial charge in [0.1, 0.15) is 0 Å². The first kappa shape index (κ1) is 12.0. The van der Waals surface area contributed by atoms with E-state index in [9.17, 15) is 0 Å². The van der Waals surface area contributed by atoms with Gasteiger partial charge < -0.3 is 4.48 Å². The van der Waals surface area contributed by atoms with E-state index in [-0.39, 0.29) is 0 Å². The Kier molecular flexibility index (Phi) is 4.43. The molecule has 1 aliphatic rings. The van der Waals surface area contributed by atoms with Crippen LogP contribution >= 0.6 is 0 Å². The smallest absolute Gasteiger partial charge is 0.0886 e. The van der Waals surface area contributed by atoms with Crippen LogP contribution in [0.4, 0.5) is 0 Å². The molecular weight excluding hydrogens is 170 g/mol. The molecule has 0 saturated heterocycles. The molecule has 0 unspecified atom stereocenters. The van der Waals surface area contributed by atoms with E-state index in [1.165, 1.54) is 49.6 Å². The maximum absolute atomic E-state index is 2.39. The summed E-state index contributed by atoms with van der Waals surface area (Å²) in [4.78, 5) is 0. The molecule has 1 nitrogen and oxygen atoms in total. The van der Waals surface area contributed by atoms with Gasteiger partial charge >= 0.3 is 0 Å². The highest BCUT2D eigenvalue weighted by molar-refractivity contribution is 4.72. The molecule has 0 heterocycles.